The summed E-state index contributed by atoms with van der Waals surface area (Å²) in [6.45, 7) is 5.52. The third-order valence-corrected chi connectivity index (χ3v) is 3.21. The molecule has 0 aliphatic heterocycles. The van der Waals surface area contributed by atoms with Gasteiger partial charge in [0.15, 0.2) is 0 Å². The number of rotatable bonds is 7. The molecule has 112 valence electrons. The molecule has 0 radical (unpaired) electrons. The van der Waals surface area contributed by atoms with Crippen LogP contribution in [0.3, 0.4) is 0 Å². The van der Waals surface area contributed by atoms with Crippen LogP contribution < -0.4 is 15.2 Å². The van der Waals surface area contributed by atoms with Crippen LogP contribution in [-0.2, 0) is 6.42 Å². The third-order valence-electron chi connectivity index (χ3n) is 3.21. The second-order valence-electron chi connectivity index (χ2n) is 5.06. The molecule has 2 aromatic rings. The summed E-state index contributed by atoms with van der Waals surface area (Å²) in [5.74, 6) is 2.56. The van der Waals surface area contributed by atoms with Crippen molar-refractivity contribution in [2.75, 3.05) is 13.2 Å². The van der Waals surface area contributed by atoms with E-state index in [4.69, 9.17) is 15.2 Å². The summed E-state index contributed by atoms with van der Waals surface area (Å²) in [6, 6.07) is 14.0. The smallest absolute Gasteiger partial charge is 0.130 e. The molecule has 0 heterocycles. The minimum Gasteiger partial charge on any atom is -0.494 e. The highest BCUT2D eigenvalue weighted by atomic mass is 16.5. The van der Waals surface area contributed by atoms with E-state index in [2.05, 4.69) is 25.1 Å². The highest BCUT2D eigenvalue weighted by Crippen LogP contribution is 2.27. The van der Waals surface area contributed by atoms with Crippen molar-refractivity contribution >= 4 is 0 Å². The van der Waals surface area contributed by atoms with E-state index in [0.717, 1.165) is 42.3 Å². The molecule has 0 fully saturated rings. The zero-order valence-electron chi connectivity index (χ0n) is 12.8. The van der Waals surface area contributed by atoms with Gasteiger partial charge in [0.1, 0.15) is 17.2 Å². The van der Waals surface area contributed by atoms with Crippen molar-refractivity contribution in [3.63, 3.8) is 0 Å². The van der Waals surface area contributed by atoms with Crippen molar-refractivity contribution in [3.8, 4) is 17.2 Å². The van der Waals surface area contributed by atoms with Crippen LogP contribution in [0.25, 0.3) is 0 Å². The molecule has 0 aliphatic rings. The van der Waals surface area contributed by atoms with Crippen LogP contribution in [0, 0.1) is 6.92 Å². The molecule has 0 atom stereocenters. The van der Waals surface area contributed by atoms with Gasteiger partial charge in [0.2, 0.25) is 0 Å². The standard InChI is InChI=1S/C18H23NO2/c1-3-12-20-16-6-8-17(9-7-16)21-18-13-15(10-11-19)5-4-14(18)2/h4-9,13H,3,10-12,19H2,1-2H3. The van der Waals surface area contributed by atoms with Crippen LogP contribution >= 0.6 is 0 Å². The lowest BCUT2D eigenvalue weighted by Gasteiger charge is -2.11. The fourth-order valence-electron chi connectivity index (χ4n) is 2.03. The lowest BCUT2D eigenvalue weighted by atomic mass is 10.1. The van der Waals surface area contributed by atoms with E-state index in [0.29, 0.717) is 6.54 Å². The summed E-state index contributed by atoms with van der Waals surface area (Å²) in [7, 11) is 0. The van der Waals surface area contributed by atoms with Crippen molar-refractivity contribution in [1.82, 2.24) is 0 Å². The maximum absolute atomic E-state index is 5.96. The first-order valence-electron chi connectivity index (χ1n) is 7.43. The van der Waals surface area contributed by atoms with Crippen molar-refractivity contribution in [2.24, 2.45) is 5.73 Å². The fourth-order valence-corrected chi connectivity index (χ4v) is 2.03. The Labute approximate surface area is 126 Å². The van der Waals surface area contributed by atoms with E-state index < -0.39 is 0 Å². The van der Waals surface area contributed by atoms with Crippen LogP contribution in [0.2, 0.25) is 0 Å². The average molecular weight is 285 g/mol. The van der Waals surface area contributed by atoms with Crippen LogP contribution in [0.15, 0.2) is 42.5 Å². The Balaban J connectivity index is 2.08. The van der Waals surface area contributed by atoms with Gasteiger partial charge in [-0.3, -0.25) is 0 Å². The van der Waals surface area contributed by atoms with E-state index in [9.17, 15) is 0 Å². The summed E-state index contributed by atoms with van der Waals surface area (Å²) in [5, 5.41) is 0. The molecular formula is C18H23NO2. The van der Waals surface area contributed by atoms with Crippen LogP contribution in [0.1, 0.15) is 24.5 Å². The van der Waals surface area contributed by atoms with Gasteiger partial charge in [-0.25, -0.2) is 0 Å². The summed E-state index contributed by atoms with van der Waals surface area (Å²) >= 11 is 0. The lowest BCUT2D eigenvalue weighted by Crippen LogP contribution is -2.03. The molecule has 0 aliphatic carbocycles. The molecule has 21 heavy (non-hydrogen) atoms. The number of benzene rings is 2. The topological polar surface area (TPSA) is 44.5 Å². The number of aryl methyl sites for hydroxylation is 1. The monoisotopic (exact) mass is 285 g/mol. The van der Waals surface area contributed by atoms with Crippen molar-refractivity contribution < 1.29 is 9.47 Å². The Morgan fingerprint density at radius 3 is 2.38 bits per heavy atom. The predicted octanol–water partition coefficient (Wildman–Crippen LogP) is 4.08. The zero-order valence-corrected chi connectivity index (χ0v) is 12.8. The molecule has 0 spiro atoms. The quantitative estimate of drug-likeness (QED) is 0.833. The first-order chi connectivity index (χ1) is 10.2. The number of nitrogens with two attached hydrogens (primary N) is 1. The average Bonchev–Trinajstić information content (AvgIpc) is 2.50. The molecule has 2 rings (SSSR count). The molecule has 0 saturated heterocycles. The van der Waals surface area contributed by atoms with E-state index >= 15 is 0 Å². The van der Waals surface area contributed by atoms with Gasteiger partial charge in [0.25, 0.3) is 0 Å². The molecule has 0 unspecified atom stereocenters. The Bertz CT molecular complexity index is 564. The van der Waals surface area contributed by atoms with Gasteiger partial charge in [-0.1, -0.05) is 19.1 Å². The van der Waals surface area contributed by atoms with Crippen LogP contribution in [0.4, 0.5) is 0 Å². The Morgan fingerprint density at radius 2 is 1.71 bits per heavy atom. The van der Waals surface area contributed by atoms with Gasteiger partial charge in [-0.15, -0.1) is 0 Å². The Kier molecular flexibility index (Phi) is 5.64. The summed E-state index contributed by atoms with van der Waals surface area (Å²) in [4.78, 5) is 0. The lowest BCUT2D eigenvalue weighted by molar-refractivity contribution is 0.317. The molecular weight excluding hydrogens is 262 g/mol. The highest BCUT2D eigenvalue weighted by Gasteiger charge is 2.04. The SMILES string of the molecule is CCCOc1ccc(Oc2cc(CCN)ccc2C)cc1. The highest BCUT2D eigenvalue weighted by molar-refractivity contribution is 5.41. The molecule has 0 bridgehead atoms. The Morgan fingerprint density at radius 1 is 1.00 bits per heavy atom. The van der Waals surface area contributed by atoms with Gasteiger partial charge >= 0.3 is 0 Å². The number of hydrogen-bond donors (Lipinski definition) is 1. The largest absolute Gasteiger partial charge is 0.494 e. The summed E-state index contributed by atoms with van der Waals surface area (Å²) in [6.07, 6.45) is 1.87. The van der Waals surface area contributed by atoms with E-state index in [1.165, 1.54) is 5.56 Å². The normalized spacial score (nSPS) is 10.4. The van der Waals surface area contributed by atoms with Gasteiger partial charge < -0.3 is 15.2 Å². The fraction of sp³-hybridized carbons (Fsp3) is 0.333. The first kappa shape index (κ1) is 15.4. The van der Waals surface area contributed by atoms with Crippen LogP contribution in [0.5, 0.6) is 17.2 Å². The number of hydrogen-bond acceptors (Lipinski definition) is 3. The van der Waals surface area contributed by atoms with Gasteiger partial charge in [0, 0.05) is 0 Å². The third kappa shape index (κ3) is 4.50. The number of ether oxygens (including phenoxy) is 2. The minimum atomic E-state index is 0.645. The first-order valence-corrected chi connectivity index (χ1v) is 7.43. The van der Waals surface area contributed by atoms with Gasteiger partial charge in [-0.2, -0.15) is 0 Å². The maximum atomic E-state index is 5.96. The van der Waals surface area contributed by atoms with Crippen molar-refractivity contribution in [1.29, 1.82) is 0 Å². The van der Waals surface area contributed by atoms with Gasteiger partial charge in [-0.05, 0) is 67.8 Å². The van der Waals surface area contributed by atoms with Gasteiger partial charge in [0.05, 0.1) is 6.61 Å². The predicted molar refractivity (Wildman–Crippen MR) is 86.2 cm³/mol. The maximum Gasteiger partial charge on any atom is 0.130 e. The summed E-state index contributed by atoms with van der Waals surface area (Å²) < 4.78 is 11.5. The second-order valence-corrected chi connectivity index (χ2v) is 5.06. The van der Waals surface area contributed by atoms with Crippen LogP contribution in [-0.4, -0.2) is 13.2 Å². The van der Waals surface area contributed by atoms with Crippen molar-refractivity contribution in [2.45, 2.75) is 26.7 Å². The molecule has 0 aromatic heterocycles. The molecule has 2 N–H and O–H groups in total. The van der Waals surface area contributed by atoms with Crippen molar-refractivity contribution in [3.05, 3.63) is 53.6 Å². The second kappa shape index (κ2) is 7.70. The zero-order chi connectivity index (χ0) is 15.1. The molecule has 0 amide bonds. The van der Waals surface area contributed by atoms with E-state index in [-0.39, 0.29) is 0 Å². The minimum absolute atomic E-state index is 0.645. The molecule has 3 heteroatoms. The molecule has 2 aromatic carbocycles. The molecule has 0 saturated carbocycles. The van der Waals surface area contributed by atoms with E-state index in [1.807, 2.05) is 31.2 Å². The summed E-state index contributed by atoms with van der Waals surface area (Å²) in [5.41, 5.74) is 7.91. The van der Waals surface area contributed by atoms with E-state index in [1.54, 1.807) is 0 Å². The molecule has 3 nitrogen and oxygen atoms in total. The Hall–Kier alpha value is -2.00.